The van der Waals surface area contributed by atoms with Gasteiger partial charge in [0.15, 0.2) is 0 Å². The average molecular weight is 359 g/mol. The third-order valence-corrected chi connectivity index (χ3v) is 7.36. The molecule has 1 aliphatic carbocycles. The Morgan fingerprint density at radius 3 is 2.30 bits per heavy atom. The van der Waals surface area contributed by atoms with Crippen molar-refractivity contribution in [3.05, 3.63) is 36.2 Å². The van der Waals surface area contributed by atoms with E-state index in [0.717, 1.165) is 6.42 Å². The van der Waals surface area contributed by atoms with Crippen LogP contribution in [-0.4, -0.2) is 28.0 Å². The van der Waals surface area contributed by atoms with Crippen LogP contribution in [0.25, 0.3) is 10.8 Å². The Hall–Kier alpha value is -2.78. The summed E-state index contributed by atoms with van der Waals surface area (Å²) in [7, 11) is 0. The number of anilines is 1. The predicted octanol–water partition coefficient (Wildman–Crippen LogP) is 2.41. The smallest absolute Gasteiger partial charge is 0.240 e. The molecule has 134 valence electrons. The molecule has 3 aliphatic heterocycles. The Kier molecular flexibility index (Phi) is 2.48. The number of nitrogens with zero attached hydrogens (tertiary/aromatic N) is 3. The topological polar surface area (TPSA) is 83.3 Å². The fourth-order valence-electron chi connectivity index (χ4n) is 6.18. The number of nitriles is 1. The zero-order valence-electron chi connectivity index (χ0n) is 15.0. The van der Waals surface area contributed by atoms with E-state index in [1.54, 1.807) is 6.07 Å². The van der Waals surface area contributed by atoms with Crippen LogP contribution in [0.15, 0.2) is 30.5 Å². The summed E-state index contributed by atoms with van der Waals surface area (Å²) in [5.41, 5.74) is -0.352. The van der Waals surface area contributed by atoms with Gasteiger partial charge in [0, 0.05) is 10.8 Å². The number of carbonyl (C=O) groups excluding carboxylic acids is 2. The summed E-state index contributed by atoms with van der Waals surface area (Å²) in [6.07, 6.45) is 2.52. The van der Waals surface area contributed by atoms with Crippen LogP contribution < -0.4 is 4.90 Å². The van der Waals surface area contributed by atoms with E-state index in [-0.39, 0.29) is 17.5 Å². The van der Waals surface area contributed by atoms with Crippen LogP contribution in [0.5, 0.6) is 0 Å². The zero-order valence-corrected chi connectivity index (χ0v) is 15.0. The lowest BCUT2D eigenvalue weighted by atomic mass is 9.69. The molecular weight excluding hydrogens is 342 g/mol. The molecule has 4 fully saturated rings. The molecule has 6 nitrogen and oxygen atoms in total. The lowest BCUT2D eigenvalue weighted by Gasteiger charge is -2.28. The summed E-state index contributed by atoms with van der Waals surface area (Å²) in [5, 5.41) is 10.7. The summed E-state index contributed by atoms with van der Waals surface area (Å²) < 4.78 is 6.30. The summed E-state index contributed by atoms with van der Waals surface area (Å²) in [6.45, 7) is 3.99. The molecule has 4 aliphatic rings. The van der Waals surface area contributed by atoms with Gasteiger partial charge < -0.3 is 4.74 Å². The van der Waals surface area contributed by atoms with Gasteiger partial charge >= 0.3 is 0 Å². The van der Waals surface area contributed by atoms with Gasteiger partial charge in [-0.2, -0.15) is 5.26 Å². The van der Waals surface area contributed by atoms with Crippen LogP contribution in [0.4, 0.5) is 5.69 Å². The second-order valence-electron chi connectivity index (χ2n) is 8.54. The number of imide groups is 1. The molecule has 3 saturated heterocycles. The van der Waals surface area contributed by atoms with Crippen molar-refractivity contribution in [3.8, 4) is 6.07 Å². The van der Waals surface area contributed by atoms with Gasteiger partial charge in [0.2, 0.25) is 11.8 Å². The van der Waals surface area contributed by atoms with Gasteiger partial charge in [0.05, 0.1) is 34.9 Å². The molecule has 2 aromatic rings. The van der Waals surface area contributed by atoms with E-state index in [1.807, 2.05) is 32.0 Å². The second-order valence-corrected chi connectivity index (χ2v) is 8.54. The molecule has 0 spiro atoms. The summed E-state index contributed by atoms with van der Waals surface area (Å²) in [4.78, 5) is 32.4. The van der Waals surface area contributed by atoms with Crippen molar-refractivity contribution in [2.24, 2.45) is 23.7 Å². The van der Waals surface area contributed by atoms with Gasteiger partial charge in [-0.25, -0.2) is 9.88 Å². The van der Waals surface area contributed by atoms with E-state index in [4.69, 9.17) is 4.74 Å². The molecule has 1 saturated carbocycles. The molecule has 0 N–H and O–H groups in total. The highest BCUT2D eigenvalue weighted by molar-refractivity contribution is 6.26. The molecule has 2 unspecified atom stereocenters. The van der Waals surface area contributed by atoms with Gasteiger partial charge in [-0.1, -0.05) is 24.3 Å². The van der Waals surface area contributed by atoms with Crippen LogP contribution in [0.3, 0.4) is 0 Å². The highest BCUT2D eigenvalue weighted by atomic mass is 16.5. The van der Waals surface area contributed by atoms with Gasteiger partial charge in [0.1, 0.15) is 11.8 Å². The summed E-state index contributed by atoms with van der Waals surface area (Å²) in [5.74, 6) is -0.523. The first-order valence-corrected chi connectivity index (χ1v) is 9.27. The number of fused-ring (bicyclic) bond motifs is 9. The van der Waals surface area contributed by atoms with E-state index in [0.29, 0.717) is 28.3 Å². The quantitative estimate of drug-likeness (QED) is 0.730. The number of rotatable bonds is 1. The van der Waals surface area contributed by atoms with E-state index in [2.05, 4.69) is 11.1 Å². The maximum Gasteiger partial charge on any atom is 0.240 e. The highest BCUT2D eigenvalue weighted by Crippen LogP contribution is 2.74. The number of benzene rings is 1. The Bertz CT molecular complexity index is 1080. The van der Waals surface area contributed by atoms with Crippen molar-refractivity contribution in [3.63, 3.8) is 0 Å². The predicted molar refractivity (Wildman–Crippen MR) is 95.4 cm³/mol. The van der Waals surface area contributed by atoms with Crippen LogP contribution in [0.1, 0.15) is 26.0 Å². The van der Waals surface area contributed by atoms with Gasteiger partial charge in [-0.3, -0.25) is 9.59 Å². The van der Waals surface area contributed by atoms with Crippen molar-refractivity contribution in [1.29, 1.82) is 5.26 Å². The van der Waals surface area contributed by atoms with Gasteiger partial charge in [-0.05, 0) is 32.1 Å². The van der Waals surface area contributed by atoms with Crippen molar-refractivity contribution in [1.82, 2.24) is 4.98 Å². The minimum atomic E-state index is -0.554. The Balaban J connectivity index is 1.54. The minimum absolute atomic E-state index is 0.196. The van der Waals surface area contributed by atoms with E-state index in [9.17, 15) is 14.9 Å². The SMILES string of the molecule is CC12OC(C)([C@@H]3C[C@@H]31)[C@H]1C(=O)N(c3cnc(C#N)c4ccccc34)C(=O)[C@H]12. The van der Waals surface area contributed by atoms with Crippen LogP contribution in [0.2, 0.25) is 0 Å². The minimum Gasteiger partial charge on any atom is -0.367 e. The van der Waals surface area contributed by atoms with Crippen LogP contribution >= 0.6 is 0 Å². The second kappa shape index (κ2) is 4.37. The number of aromatic nitrogens is 1. The van der Waals surface area contributed by atoms with Crippen LogP contribution in [-0.2, 0) is 14.3 Å². The van der Waals surface area contributed by atoms with Crippen molar-refractivity contribution in [2.75, 3.05) is 4.90 Å². The number of ether oxygens (including phenoxy) is 1. The van der Waals surface area contributed by atoms with Crippen molar-refractivity contribution >= 4 is 28.3 Å². The Morgan fingerprint density at radius 1 is 1.11 bits per heavy atom. The molecule has 6 rings (SSSR count). The Morgan fingerprint density at radius 2 is 1.70 bits per heavy atom. The third kappa shape index (κ3) is 1.51. The van der Waals surface area contributed by atoms with Crippen LogP contribution in [0, 0.1) is 35.0 Å². The lowest BCUT2D eigenvalue weighted by molar-refractivity contribution is -0.132. The monoisotopic (exact) mass is 359 g/mol. The number of hydrogen-bond acceptors (Lipinski definition) is 5. The molecule has 4 heterocycles. The molecule has 1 aromatic heterocycles. The summed E-state index contributed by atoms with van der Waals surface area (Å²) in [6, 6.07) is 9.35. The first kappa shape index (κ1) is 15.3. The van der Waals surface area contributed by atoms with E-state index < -0.39 is 23.0 Å². The van der Waals surface area contributed by atoms with Crippen molar-refractivity contribution < 1.29 is 14.3 Å². The van der Waals surface area contributed by atoms with E-state index in [1.165, 1.54) is 11.1 Å². The fraction of sp³-hybridized carbons (Fsp3) is 0.429. The summed E-state index contributed by atoms with van der Waals surface area (Å²) >= 11 is 0. The number of amides is 2. The first-order chi connectivity index (χ1) is 12.9. The van der Waals surface area contributed by atoms with Gasteiger partial charge in [0.25, 0.3) is 0 Å². The molecule has 2 bridgehead atoms. The van der Waals surface area contributed by atoms with Crippen molar-refractivity contribution in [2.45, 2.75) is 31.5 Å². The molecule has 0 radical (unpaired) electrons. The number of carbonyl (C=O) groups is 2. The maximum atomic E-state index is 13.4. The van der Waals surface area contributed by atoms with E-state index >= 15 is 0 Å². The molecule has 1 aromatic carbocycles. The number of pyridine rings is 1. The maximum absolute atomic E-state index is 13.4. The lowest BCUT2D eigenvalue weighted by Crippen LogP contribution is -2.42. The molecule has 2 amide bonds. The highest BCUT2D eigenvalue weighted by Gasteiger charge is 2.83. The van der Waals surface area contributed by atoms with Gasteiger partial charge in [-0.15, -0.1) is 0 Å². The third-order valence-electron chi connectivity index (χ3n) is 7.36. The molecule has 27 heavy (non-hydrogen) atoms. The average Bonchev–Trinajstić information content (AvgIpc) is 3.33. The largest absolute Gasteiger partial charge is 0.367 e. The first-order valence-electron chi connectivity index (χ1n) is 9.27. The zero-order chi connectivity index (χ0) is 18.7. The molecular formula is C21H17N3O3. The standard InChI is InChI=1S/C21H17N3O3/c1-20-12-7-13(12)21(2,27-20)17-16(20)18(25)24(19(17)26)15-9-23-14(8-22)10-5-3-4-6-11(10)15/h3-6,9,12-13,16-17H,7H2,1-2H3/t12-,13+,16-,17+,20?,21?. The molecule has 6 heteroatoms. The Labute approximate surface area is 155 Å². The fourth-order valence-corrected chi connectivity index (χ4v) is 6.18. The normalized spacial score (nSPS) is 41.0. The molecule has 6 atom stereocenters. The number of hydrogen-bond donors (Lipinski definition) is 0.